The van der Waals surface area contributed by atoms with E-state index < -0.39 is 5.82 Å². The molecule has 0 aliphatic carbocycles. The predicted molar refractivity (Wildman–Crippen MR) is 105 cm³/mol. The topological polar surface area (TPSA) is 68.8 Å². The maximum Gasteiger partial charge on any atom is 0.227 e. The molecule has 0 amide bonds. The molecule has 0 atom stereocenters. The number of nitrogens with one attached hydrogen (secondary N) is 1. The molecule has 0 saturated carbocycles. The van der Waals surface area contributed by atoms with Gasteiger partial charge in [0, 0.05) is 41.6 Å². The van der Waals surface area contributed by atoms with Crippen molar-refractivity contribution in [3.8, 4) is 11.3 Å². The lowest BCUT2D eigenvalue weighted by molar-refractivity contribution is 0.632. The van der Waals surface area contributed by atoms with Crippen molar-refractivity contribution in [3.63, 3.8) is 0 Å². The second-order valence-electron chi connectivity index (χ2n) is 5.80. The molecule has 0 fully saturated rings. The fraction of sp³-hybridized carbons (Fsp3) is 0.0526. The molecule has 4 aromatic rings. The Bertz CT molecular complexity index is 1080. The van der Waals surface area contributed by atoms with Gasteiger partial charge in [-0.2, -0.15) is 0 Å². The first-order valence-corrected chi connectivity index (χ1v) is 7.81. The Morgan fingerprint density at radius 1 is 1.12 bits per heavy atom. The first-order valence-electron chi connectivity index (χ1n) is 7.81. The van der Waals surface area contributed by atoms with Crippen LogP contribution in [0.5, 0.6) is 0 Å². The summed E-state index contributed by atoms with van der Waals surface area (Å²) in [6.07, 6.45) is 3.68. The quantitative estimate of drug-likeness (QED) is 0.521. The number of rotatable bonds is 3. The summed E-state index contributed by atoms with van der Waals surface area (Å²) in [6.45, 7) is 0. The van der Waals surface area contributed by atoms with Crippen LogP contribution in [0.25, 0.3) is 22.2 Å². The number of para-hydroxylation sites is 1. The largest absolute Gasteiger partial charge is 0.399 e. The van der Waals surface area contributed by atoms with E-state index in [1.165, 1.54) is 18.2 Å². The Hall–Kier alpha value is -3.12. The first kappa shape index (κ1) is 17.7. The van der Waals surface area contributed by atoms with Gasteiger partial charge in [0.15, 0.2) is 0 Å². The molecule has 3 N–H and O–H groups in total. The average Bonchev–Trinajstić information content (AvgIpc) is 2.96. The Labute approximate surface area is 156 Å². The first-order chi connectivity index (χ1) is 12.1. The van der Waals surface area contributed by atoms with Gasteiger partial charge in [0.25, 0.3) is 0 Å². The van der Waals surface area contributed by atoms with Gasteiger partial charge < -0.3 is 15.6 Å². The number of hydrogen-bond acceptors (Lipinski definition) is 4. The summed E-state index contributed by atoms with van der Waals surface area (Å²) in [5, 5.41) is 4.00. The monoisotopic (exact) mass is 369 g/mol. The minimum absolute atomic E-state index is 0. The molecule has 0 aliphatic rings. The van der Waals surface area contributed by atoms with Gasteiger partial charge in [-0.05, 0) is 30.3 Å². The van der Waals surface area contributed by atoms with E-state index in [4.69, 9.17) is 5.73 Å². The van der Waals surface area contributed by atoms with Gasteiger partial charge in [0.1, 0.15) is 5.82 Å². The van der Waals surface area contributed by atoms with Crippen LogP contribution in [0.15, 0.2) is 60.9 Å². The molecular formula is C19H17ClFN5. The van der Waals surface area contributed by atoms with E-state index >= 15 is 0 Å². The molecule has 0 spiro atoms. The fourth-order valence-electron chi connectivity index (χ4n) is 2.87. The zero-order valence-corrected chi connectivity index (χ0v) is 14.8. The summed E-state index contributed by atoms with van der Waals surface area (Å²) in [5.41, 5.74) is 9.31. The number of nitrogens with zero attached hydrogens (tertiary/aromatic N) is 3. The normalized spacial score (nSPS) is 10.5. The van der Waals surface area contributed by atoms with Crippen molar-refractivity contribution >= 4 is 40.6 Å². The lowest BCUT2D eigenvalue weighted by Gasteiger charge is -2.08. The van der Waals surface area contributed by atoms with Gasteiger partial charge >= 0.3 is 0 Å². The SMILES string of the molecule is Cl.Cn1cc(-c2ccnc(Nc3cc(N)ccc3F)n2)c2ccccc21. The van der Waals surface area contributed by atoms with Crippen LogP contribution >= 0.6 is 12.4 Å². The van der Waals surface area contributed by atoms with Crippen molar-refractivity contribution in [2.75, 3.05) is 11.1 Å². The minimum atomic E-state index is -0.409. The predicted octanol–water partition coefficient (Wildman–Crippen LogP) is 4.52. The van der Waals surface area contributed by atoms with E-state index in [1.54, 1.807) is 6.20 Å². The molecule has 2 heterocycles. The lowest BCUT2D eigenvalue weighted by Crippen LogP contribution is -2.00. The van der Waals surface area contributed by atoms with E-state index in [0.717, 1.165) is 22.2 Å². The highest BCUT2D eigenvalue weighted by molar-refractivity contribution is 5.95. The zero-order chi connectivity index (χ0) is 17.4. The average molecular weight is 370 g/mol. The molecule has 0 aliphatic heterocycles. The summed E-state index contributed by atoms with van der Waals surface area (Å²) in [4.78, 5) is 8.71. The van der Waals surface area contributed by atoms with Gasteiger partial charge in [0.2, 0.25) is 5.95 Å². The second kappa shape index (κ2) is 7.01. The van der Waals surface area contributed by atoms with Crippen LogP contribution in [-0.2, 0) is 7.05 Å². The van der Waals surface area contributed by atoms with Gasteiger partial charge in [-0.25, -0.2) is 14.4 Å². The zero-order valence-electron chi connectivity index (χ0n) is 14.0. The maximum atomic E-state index is 13.9. The molecule has 2 aromatic heterocycles. The number of fused-ring (bicyclic) bond motifs is 1. The van der Waals surface area contributed by atoms with Gasteiger partial charge in [-0.3, -0.25) is 0 Å². The highest BCUT2D eigenvalue weighted by Crippen LogP contribution is 2.29. The third-order valence-electron chi connectivity index (χ3n) is 4.07. The van der Waals surface area contributed by atoms with Crippen LogP contribution in [0.4, 0.5) is 21.7 Å². The van der Waals surface area contributed by atoms with Crippen LogP contribution in [0.2, 0.25) is 0 Å². The van der Waals surface area contributed by atoms with Crippen LogP contribution in [-0.4, -0.2) is 14.5 Å². The van der Waals surface area contributed by atoms with Crippen molar-refractivity contribution in [2.45, 2.75) is 0 Å². The lowest BCUT2D eigenvalue weighted by atomic mass is 10.1. The Morgan fingerprint density at radius 2 is 1.92 bits per heavy atom. The summed E-state index contributed by atoms with van der Waals surface area (Å²) >= 11 is 0. The molecule has 2 aromatic carbocycles. The third-order valence-corrected chi connectivity index (χ3v) is 4.07. The molecule has 4 rings (SSSR count). The number of halogens is 2. The molecule has 26 heavy (non-hydrogen) atoms. The van der Waals surface area contributed by atoms with Crippen molar-refractivity contribution < 1.29 is 4.39 Å². The molecule has 0 unspecified atom stereocenters. The molecule has 5 nitrogen and oxygen atoms in total. The summed E-state index contributed by atoms with van der Waals surface area (Å²) in [7, 11) is 1.99. The van der Waals surface area contributed by atoms with Crippen molar-refractivity contribution in [2.24, 2.45) is 7.05 Å². The van der Waals surface area contributed by atoms with E-state index in [1.807, 2.05) is 31.4 Å². The van der Waals surface area contributed by atoms with Crippen molar-refractivity contribution in [1.82, 2.24) is 14.5 Å². The van der Waals surface area contributed by atoms with E-state index in [2.05, 4.69) is 32.0 Å². The number of nitrogen functional groups attached to an aromatic ring is 1. The molecule has 0 saturated heterocycles. The van der Waals surface area contributed by atoms with Gasteiger partial charge in [0.05, 0.1) is 11.4 Å². The van der Waals surface area contributed by atoms with Crippen molar-refractivity contribution in [3.05, 3.63) is 66.7 Å². The van der Waals surface area contributed by atoms with Crippen molar-refractivity contribution in [1.29, 1.82) is 0 Å². The number of benzene rings is 2. The standard InChI is InChI=1S/C19H16FN5.ClH/c1-25-11-14(13-4-2-3-5-18(13)25)16-8-9-22-19(23-16)24-17-10-12(21)6-7-15(17)20;/h2-11H,21H2,1H3,(H,22,23,24);1H. The minimum Gasteiger partial charge on any atom is -0.399 e. The fourth-order valence-corrected chi connectivity index (χ4v) is 2.87. The number of nitrogens with two attached hydrogens (primary N) is 1. The van der Waals surface area contributed by atoms with Crippen LogP contribution in [0.3, 0.4) is 0 Å². The van der Waals surface area contributed by atoms with E-state index in [9.17, 15) is 4.39 Å². The van der Waals surface area contributed by atoms with Crippen LogP contribution in [0.1, 0.15) is 0 Å². The summed E-state index contributed by atoms with van der Waals surface area (Å²) in [6, 6.07) is 14.3. The molecule has 132 valence electrons. The number of aryl methyl sites for hydroxylation is 1. The van der Waals surface area contributed by atoms with Crippen LogP contribution in [0, 0.1) is 5.82 Å². The molecule has 0 radical (unpaired) electrons. The summed E-state index contributed by atoms with van der Waals surface area (Å²) < 4.78 is 16.0. The maximum absolute atomic E-state index is 13.9. The molecular weight excluding hydrogens is 353 g/mol. The molecule has 0 bridgehead atoms. The Kier molecular flexibility index (Phi) is 4.77. The van der Waals surface area contributed by atoms with E-state index in [-0.39, 0.29) is 18.1 Å². The number of hydrogen-bond donors (Lipinski definition) is 2. The highest BCUT2D eigenvalue weighted by atomic mass is 35.5. The second-order valence-corrected chi connectivity index (χ2v) is 5.80. The Morgan fingerprint density at radius 3 is 2.77 bits per heavy atom. The highest BCUT2D eigenvalue weighted by Gasteiger charge is 2.11. The van der Waals surface area contributed by atoms with Gasteiger partial charge in [-0.15, -0.1) is 12.4 Å². The molecule has 7 heteroatoms. The Balaban J connectivity index is 0.00000196. The van der Waals surface area contributed by atoms with E-state index in [0.29, 0.717) is 11.6 Å². The smallest absolute Gasteiger partial charge is 0.227 e. The number of anilines is 3. The third kappa shape index (κ3) is 3.19. The summed E-state index contributed by atoms with van der Waals surface area (Å²) in [5.74, 6) is -0.0942. The van der Waals surface area contributed by atoms with Crippen LogP contribution < -0.4 is 11.1 Å². The number of aromatic nitrogens is 3. The van der Waals surface area contributed by atoms with Gasteiger partial charge in [-0.1, -0.05) is 18.2 Å².